The third-order valence-electron chi connectivity index (χ3n) is 5.35. The van der Waals surface area contributed by atoms with Crippen LogP contribution in [0.2, 0.25) is 0 Å². The highest BCUT2D eigenvalue weighted by Gasteiger charge is 2.26. The number of hydrogen-bond donors (Lipinski definition) is 1. The summed E-state index contributed by atoms with van der Waals surface area (Å²) >= 11 is 0. The van der Waals surface area contributed by atoms with Crippen molar-refractivity contribution in [2.75, 3.05) is 39.3 Å². The van der Waals surface area contributed by atoms with Crippen molar-refractivity contribution in [2.24, 2.45) is 11.8 Å². The zero-order chi connectivity index (χ0) is 14.7. The topological polar surface area (TPSA) is 35.6 Å². The van der Waals surface area contributed by atoms with Gasteiger partial charge >= 0.3 is 0 Å². The van der Waals surface area contributed by atoms with E-state index < -0.39 is 0 Å². The van der Waals surface area contributed by atoms with Crippen LogP contribution in [-0.2, 0) is 4.79 Å². The predicted molar refractivity (Wildman–Crippen MR) is 85.2 cm³/mol. The van der Waals surface area contributed by atoms with E-state index >= 15 is 0 Å². The summed E-state index contributed by atoms with van der Waals surface area (Å²) in [5.41, 5.74) is 0. The summed E-state index contributed by atoms with van der Waals surface area (Å²) in [7, 11) is 0. The highest BCUT2D eigenvalue weighted by molar-refractivity contribution is 5.78. The van der Waals surface area contributed by atoms with Gasteiger partial charge in [-0.25, -0.2) is 0 Å². The van der Waals surface area contributed by atoms with Gasteiger partial charge in [0.2, 0.25) is 5.91 Å². The van der Waals surface area contributed by atoms with Gasteiger partial charge in [-0.1, -0.05) is 6.92 Å². The first-order valence-corrected chi connectivity index (χ1v) is 8.94. The number of likely N-dealkylation sites (tertiary alicyclic amines) is 2. The van der Waals surface area contributed by atoms with Crippen LogP contribution < -0.4 is 5.32 Å². The zero-order valence-corrected chi connectivity index (χ0v) is 13.5. The van der Waals surface area contributed by atoms with E-state index in [0.29, 0.717) is 24.4 Å². The van der Waals surface area contributed by atoms with Gasteiger partial charge in [-0.15, -0.1) is 0 Å². The summed E-state index contributed by atoms with van der Waals surface area (Å²) < 4.78 is 0. The van der Waals surface area contributed by atoms with Crippen molar-refractivity contribution in [1.29, 1.82) is 0 Å². The fraction of sp³-hybridized carbons (Fsp3) is 0.941. The zero-order valence-electron chi connectivity index (χ0n) is 13.5. The van der Waals surface area contributed by atoms with Crippen LogP contribution in [0.4, 0.5) is 0 Å². The summed E-state index contributed by atoms with van der Waals surface area (Å²) in [5, 5.41) is 3.70. The Balaban J connectivity index is 1.35. The summed E-state index contributed by atoms with van der Waals surface area (Å²) in [6, 6.07) is 0.687. The number of amides is 1. The average Bonchev–Trinajstić information content (AvgIpc) is 3.31. The van der Waals surface area contributed by atoms with E-state index in [2.05, 4.69) is 22.0 Å². The van der Waals surface area contributed by atoms with Gasteiger partial charge in [0.25, 0.3) is 0 Å². The molecule has 3 aliphatic rings. The Hall–Kier alpha value is -0.610. The molecule has 1 N–H and O–H groups in total. The lowest BCUT2D eigenvalue weighted by Crippen LogP contribution is -2.48. The first-order valence-electron chi connectivity index (χ1n) is 8.94. The van der Waals surface area contributed by atoms with Gasteiger partial charge in [0, 0.05) is 32.2 Å². The molecule has 2 heterocycles. The van der Waals surface area contributed by atoms with Crippen molar-refractivity contribution in [3.8, 4) is 0 Å². The SMILES string of the molecule is CC1CCCN(C(=O)CN2CCC(NCC3CC3)CC2)C1. The van der Waals surface area contributed by atoms with E-state index in [0.717, 1.165) is 32.1 Å². The first-order chi connectivity index (χ1) is 10.2. The van der Waals surface area contributed by atoms with E-state index in [9.17, 15) is 4.79 Å². The summed E-state index contributed by atoms with van der Waals surface area (Å²) in [6.07, 6.45) is 7.72. The maximum absolute atomic E-state index is 12.4. The molecule has 0 aromatic heterocycles. The number of carbonyl (C=O) groups excluding carboxylic acids is 1. The van der Waals surface area contributed by atoms with Crippen LogP contribution in [0.3, 0.4) is 0 Å². The first kappa shape index (κ1) is 15.3. The highest BCUT2D eigenvalue weighted by Crippen LogP contribution is 2.28. The Kier molecular flexibility index (Phi) is 5.17. The van der Waals surface area contributed by atoms with Gasteiger partial charge < -0.3 is 10.2 Å². The number of carbonyl (C=O) groups is 1. The minimum atomic E-state index is 0.353. The lowest BCUT2D eigenvalue weighted by Gasteiger charge is -2.35. The molecule has 4 nitrogen and oxygen atoms in total. The second kappa shape index (κ2) is 7.10. The summed E-state index contributed by atoms with van der Waals surface area (Å²) in [4.78, 5) is 16.8. The molecule has 120 valence electrons. The van der Waals surface area contributed by atoms with E-state index in [1.165, 1.54) is 45.1 Å². The molecular formula is C17H31N3O. The maximum atomic E-state index is 12.4. The molecule has 1 unspecified atom stereocenters. The van der Waals surface area contributed by atoms with Gasteiger partial charge in [0.05, 0.1) is 6.54 Å². The molecule has 1 aliphatic carbocycles. The van der Waals surface area contributed by atoms with Gasteiger partial charge in [0.15, 0.2) is 0 Å². The molecule has 3 fully saturated rings. The molecule has 1 saturated carbocycles. The monoisotopic (exact) mass is 293 g/mol. The molecule has 0 aromatic rings. The number of nitrogens with zero attached hydrogens (tertiary/aromatic N) is 2. The van der Waals surface area contributed by atoms with Crippen molar-refractivity contribution < 1.29 is 4.79 Å². The normalized spacial score (nSPS) is 28.8. The van der Waals surface area contributed by atoms with Gasteiger partial charge in [-0.05, 0) is 56.9 Å². The van der Waals surface area contributed by atoms with Crippen LogP contribution in [-0.4, -0.2) is 61.0 Å². The number of hydrogen-bond acceptors (Lipinski definition) is 3. The third kappa shape index (κ3) is 4.68. The Morgan fingerprint density at radius 1 is 1.10 bits per heavy atom. The Morgan fingerprint density at radius 2 is 1.86 bits per heavy atom. The molecule has 0 radical (unpaired) electrons. The van der Waals surface area contributed by atoms with Gasteiger partial charge in [-0.3, -0.25) is 9.69 Å². The van der Waals surface area contributed by atoms with Crippen LogP contribution in [0.15, 0.2) is 0 Å². The molecule has 4 heteroatoms. The molecule has 0 spiro atoms. The van der Waals surface area contributed by atoms with Crippen LogP contribution in [0.5, 0.6) is 0 Å². The van der Waals surface area contributed by atoms with Crippen LogP contribution in [0, 0.1) is 11.8 Å². The molecular weight excluding hydrogens is 262 g/mol. The fourth-order valence-corrected chi connectivity index (χ4v) is 3.66. The van der Waals surface area contributed by atoms with E-state index in [-0.39, 0.29) is 0 Å². The number of piperidine rings is 2. The standard InChI is InChI=1S/C17H31N3O/c1-14-3-2-8-20(12-14)17(21)13-19-9-6-16(7-10-19)18-11-15-4-5-15/h14-16,18H,2-13H2,1H3. The molecule has 2 aliphatic heterocycles. The smallest absolute Gasteiger partial charge is 0.236 e. The third-order valence-corrected chi connectivity index (χ3v) is 5.35. The molecule has 0 aromatic carbocycles. The van der Waals surface area contributed by atoms with Crippen LogP contribution in [0.1, 0.15) is 45.4 Å². The van der Waals surface area contributed by atoms with Crippen molar-refractivity contribution >= 4 is 5.91 Å². The fourth-order valence-electron chi connectivity index (χ4n) is 3.66. The van der Waals surface area contributed by atoms with E-state index in [1.54, 1.807) is 0 Å². The van der Waals surface area contributed by atoms with Crippen molar-refractivity contribution in [2.45, 2.75) is 51.5 Å². The lowest BCUT2D eigenvalue weighted by molar-refractivity contribution is -0.134. The maximum Gasteiger partial charge on any atom is 0.236 e. The van der Waals surface area contributed by atoms with Crippen LogP contribution >= 0.6 is 0 Å². The average molecular weight is 293 g/mol. The van der Waals surface area contributed by atoms with E-state index in [4.69, 9.17) is 0 Å². The second-order valence-corrected chi connectivity index (χ2v) is 7.49. The Labute approximate surface area is 129 Å². The minimum Gasteiger partial charge on any atom is -0.341 e. The largest absolute Gasteiger partial charge is 0.341 e. The van der Waals surface area contributed by atoms with Crippen molar-refractivity contribution in [3.05, 3.63) is 0 Å². The van der Waals surface area contributed by atoms with Crippen molar-refractivity contribution in [1.82, 2.24) is 15.1 Å². The number of nitrogens with one attached hydrogen (secondary N) is 1. The molecule has 0 bridgehead atoms. The minimum absolute atomic E-state index is 0.353. The predicted octanol–water partition coefficient (Wildman–Crippen LogP) is 1.71. The van der Waals surface area contributed by atoms with Gasteiger partial charge in [-0.2, -0.15) is 0 Å². The Morgan fingerprint density at radius 3 is 2.52 bits per heavy atom. The molecule has 1 atom stereocenters. The van der Waals surface area contributed by atoms with Crippen molar-refractivity contribution in [3.63, 3.8) is 0 Å². The highest BCUT2D eigenvalue weighted by atomic mass is 16.2. The summed E-state index contributed by atoms with van der Waals surface area (Å²) in [6.45, 7) is 8.23. The van der Waals surface area contributed by atoms with E-state index in [1.807, 2.05) is 0 Å². The second-order valence-electron chi connectivity index (χ2n) is 7.49. The number of rotatable bonds is 5. The quantitative estimate of drug-likeness (QED) is 0.838. The van der Waals surface area contributed by atoms with Crippen LogP contribution in [0.25, 0.3) is 0 Å². The molecule has 1 amide bonds. The molecule has 3 rings (SSSR count). The van der Waals surface area contributed by atoms with Gasteiger partial charge in [0.1, 0.15) is 0 Å². The lowest BCUT2D eigenvalue weighted by atomic mass is 10.00. The summed E-state index contributed by atoms with van der Waals surface area (Å²) in [5.74, 6) is 2.00. The molecule has 21 heavy (non-hydrogen) atoms. The molecule has 2 saturated heterocycles. The Bertz CT molecular complexity index is 348.